The first kappa shape index (κ1) is 11.8. The lowest BCUT2D eigenvalue weighted by molar-refractivity contribution is 0.475. The second kappa shape index (κ2) is 4.52. The number of aromatic hydroxyl groups is 1. The van der Waals surface area contributed by atoms with Gasteiger partial charge in [0, 0.05) is 33.8 Å². The molecule has 4 aromatic rings. The Balaban J connectivity index is 1.91. The van der Waals surface area contributed by atoms with Gasteiger partial charge in [-0.1, -0.05) is 18.2 Å². The van der Waals surface area contributed by atoms with E-state index in [1.54, 1.807) is 12.1 Å². The predicted octanol–water partition coefficient (Wildman–Crippen LogP) is 3.93. The van der Waals surface area contributed by atoms with Gasteiger partial charge in [0.25, 0.3) is 0 Å². The number of nitrogens with one attached hydrogen (secondary N) is 2. The molecule has 0 aliphatic carbocycles. The van der Waals surface area contributed by atoms with Crippen LogP contribution < -0.4 is 0 Å². The molecule has 0 atom stereocenters. The van der Waals surface area contributed by atoms with Crippen molar-refractivity contribution < 1.29 is 5.11 Å². The van der Waals surface area contributed by atoms with Crippen LogP contribution in [0.4, 0.5) is 0 Å². The van der Waals surface area contributed by atoms with Gasteiger partial charge in [0.05, 0.1) is 11.9 Å². The second-order valence-electron chi connectivity index (χ2n) is 4.95. The number of fused-ring (bicyclic) bond motifs is 1. The molecule has 4 rings (SSSR count). The molecule has 2 aromatic carbocycles. The molecular formula is C17H13N3O. The quantitative estimate of drug-likeness (QED) is 0.519. The van der Waals surface area contributed by atoms with Crippen LogP contribution in [0, 0.1) is 0 Å². The summed E-state index contributed by atoms with van der Waals surface area (Å²) >= 11 is 0. The predicted molar refractivity (Wildman–Crippen MR) is 83.0 cm³/mol. The molecule has 0 bridgehead atoms. The summed E-state index contributed by atoms with van der Waals surface area (Å²) in [6, 6.07) is 15.3. The highest BCUT2D eigenvalue weighted by atomic mass is 16.3. The summed E-state index contributed by atoms with van der Waals surface area (Å²) in [4.78, 5) is 3.28. The van der Waals surface area contributed by atoms with Crippen molar-refractivity contribution in [2.24, 2.45) is 0 Å². The SMILES string of the molecule is Oc1ccc(-c2[nH]ncc2-c2c[nH]c3ccccc23)cc1. The van der Waals surface area contributed by atoms with Crippen LogP contribution in [0.2, 0.25) is 0 Å². The van der Waals surface area contributed by atoms with Gasteiger partial charge in [-0.15, -0.1) is 0 Å². The molecule has 0 saturated carbocycles. The molecule has 2 heterocycles. The molecule has 0 aliphatic heterocycles. The van der Waals surface area contributed by atoms with Gasteiger partial charge in [-0.25, -0.2) is 0 Å². The number of H-pyrrole nitrogens is 2. The first-order chi connectivity index (χ1) is 10.3. The van der Waals surface area contributed by atoms with Gasteiger partial charge in [-0.3, -0.25) is 5.10 Å². The molecule has 4 heteroatoms. The van der Waals surface area contributed by atoms with Gasteiger partial charge in [-0.05, 0) is 30.3 Å². The molecular weight excluding hydrogens is 262 g/mol. The van der Waals surface area contributed by atoms with E-state index in [1.807, 2.05) is 36.7 Å². The molecule has 0 spiro atoms. The summed E-state index contributed by atoms with van der Waals surface area (Å²) in [5.41, 5.74) is 5.19. The molecule has 0 saturated heterocycles. The minimum Gasteiger partial charge on any atom is -0.508 e. The third-order valence-corrected chi connectivity index (χ3v) is 3.67. The number of hydrogen-bond donors (Lipinski definition) is 3. The van der Waals surface area contributed by atoms with E-state index in [-0.39, 0.29) is 5.75 Å². The Kier molecular flexibility index (Phi) is 2.54. The number of phenols is 1. The van der Waals surface area contributed by atoms with Gasteiger partial charge in [0.2, 0.25) is 0 Å². The van der Waals surface area contributed by atoms with Crippen molar-refractivity contribution in [3.8, 4) is 28.1 Å². The van der Waals surface area contributed by atoms with Crippen LogP contribution in [-0.4, -0.2) is 20.3 Å². The van der Waals surface area contributed by atoms with E-state index in [2.05, 4.69) is 27.3 Å². The Morgan fingerprint density at radius 1 is 0.905 bits per heavy atom. The monoisotopic (exact) mass is 275 g/mol. The van der Waals surface area contributed by atoms with Crippen LogP contribution in [0.3, 0.4) is 0 Å². The van der Waals surface area contributed by atoms with E-state index in [4.69, 9.17) is 0 Å². The second-order valence-corrected chi connectivity index (χ2v) is 4.95. The summed E-state index contributed by atoms with van der Waals surface area (Å²) in [7, 11) is 0. The van der Waals surface area contributed by atoms with E-state index in [0.717, 1.165) is 27.9 Å². The molecule has 0 fully saturated rings. The molecule has 0 aliphatic rings. The molecule has 0 radical (unpaired) electrons. The lowest BCUT2D eigenvalue weighted by atomic mass is 10.0. The molecule has 21 heavy (non-hydrogen) atoms. The summed E-state index contributed by atoms with van der Waals surface area (Å²) in [5, 5.41) is 17.8. The Morgan fingerprint density at radius 3 is 2.57 bits per heavy atom. The van der Waals surface area contributed by atoms with Crippen molar-refractivity contribution in [2.75, 3.05) is 0 Å². The number of phenolic OH excluding ortho intramolecular Hbond substituents is 1. The van der Waals surface area contributed by atoms with Crippen molar-refractivity contribution in [1.82, 2.24) is 15.2 Å². The topological polar surface area (TPSA) is 64.7 Å². The lowest BCUT2D eigenvalue weighted by Crippen LogP contribution is -1.81. The maximum Gasteiger partial charge on any atom is 0.115 e. The van der Waals surface area contributed by atoms with Crippen molar-refractivity contribution in [2.45, 2.75) is 0 Å². The van der Waals surface area contributed by atoms with E-state index in [0.29, 0.717) is 0 Å². The fraction of sp³-hybridized carbons (Fsp3) is 0. The molecule has 0 unspecified atom stereocenters. The molecule has 4 nitrogen and oxygen atoms in total. The van der Waals surface area contributed by atoms with E-state index in [9.17, 15) is 5.11 Å². The molecule has 2 aromatic heterocycles. The lowest BCUT2D eigenvalue weighted by Gasteiger charge is -2.03. The number of aromatic amines is 2. The molecule has 0 amide bonds. The number of benzene rings is 2. The minimum atomic E-state index is 0.256. The number of para-hydroxylation sites is 1. The van der Waals surface area contributed by atoms with Crippen LogP contribution in [0.15, 0.2) is 60.9 Å². The Labute approximate surface area is 121 Å². The average Bonchev–Trinajstić information content (AvgIpc) is 3.14. The van der Waals surface area contributed by atoms with E-state index in [1.165, 1.54) is 5.39 Å². The maximum absolute atomic E-state index is 9.42. The zero-order valence-corrected chi connectivity index (χ0v) is 11.2. The van der Waals surface area contributed by atoms with Gasteiger partial charge >= 0.3 is 0 Å². The highest BCUT2D eigenvalue weighted by Crippen LogP contribution is 2.35. The average molecular weight is 275 g/mol. The van der Waals surface area contributed by atoms with Crippen LogP contribution >= 0.6 is 0 Å². The van der Waals surface area contributed by atoms with Crippen molar-refractivity contribution >= 4 is 10.9 Å². The summed E-state index contributed by atoms with van der Waals surface area (Å²) < 4.78 is 0. The zero-order valence-electron chi connectivity index (χ0n) is 11.2. The fourth-order valence-corrected chi connectivity index (χ4v) is 2.63. The largest absolute Gasteiger partial charge is 0.508 e. The van der Waals surface area contributed by atoms with Gasteiger partial charge < -0.3 is 10.1 Å². The number of rotatable bonds is 2. The van der Waals surface area contributed by atoms with Crippen LogP contribution in [-0.2, 0) is 0 Å². The first-order valence-electron chi connectivity index (χ1n) is 6.72. The Morgan fingerprint density at radius 2 is 1.71 bits per heavy atom. The van der Waals surface area contributed by atoms with Gasteiger partial charge in [0.15, 0.2) is 0 Å². The molecule has 3 N–H and O–H groups in total. The number of nitrogens with zero attached hydrogens (tertiary/aromatic N) is 1. The van der Waals surface area contributed by atoms with Crippen LogP contribution in [0.5, 0.6) is 5.75 Å². The van der Waals surface area contributed by atoms with Gasteiger partial charge in [-0.2, -0.15) is 5.10 Å². The van der Waals surface area contributed by atoms with Crippen molar-refractivity contribution in [3.05, 3.63) is 60.9 Å². The van der Waals surface area contributed by atoms with Crippen LogP contribution in [0.1, 0.15) is 0 Å². The number of aromatic nitrogens is 3. The number of hydrogen-bond acceptors (Lipinski definition) is 2. The Hall–Kier alpha value is -3.01. The minimum absolute atomic E-state index is 0.256. The first-order valence-corrected chi connectivity index (χ1v) is 6.72. The molecule has 102 valence electrons. The third kappa shape index (κ3) is 1.89. The smallest absolute Gasteiger partial charge is 0.115 e. The summed E-state index contributed by atoms with van der Waals surface area (Å²) in [5.74, 6) is 0.256. The third-order valence-electron chi connectivity index (χ3n) is 3.67. The van der Waals surface area contributed by atoms with Crippen molar-refractivity contribution in [1.29, 1.82) is 0 Å². The van der Waals surface area contributed by atoms with Gasteiger partial charge in [0.1, 0.15) is 5.75 Å². The van der Waals surface area contributed by atoms with E-state index >= 15 is 0 Å². The summed E-state index contributed by atoms with van der Waals surface area (Å²) in [6.45, 7) is 0. The summed E-state index contributed by atoms with van der Waals surface area (Å²) in [6.07, 6.45) is 3.83. The standard InChI is InChI=1S/C17H13N3O/c21-12-7-5-11(6-8-12)17-15(10-19-20-17)14-9-18-16-4-2-1-3-13(14)16/h1-10,18,21H,(H,19,20). The van der Waals surface area contributed by atoms with E-state index < -0.39 is 0 Å². The fourth-order valence-electron chi connectivity index (χ4n) is 2.63. The van der Waals surface area contributed by atoms with Crippen LogP contribution in [0.25, 0.3) is 33.3 Å². The highest BCUT2D eigenvalue weighted by Gasteiger charge is 2.13. The normalized spacial score (nSPS) is 11.0. The maximum atomic E-state index is 9.42. The Bertz CT molecular complexity index is 903. The zero-order chi connectivity index (χ0) is 14.2. The highest BCUT2D eigenvalue weighted by molar-refractivity contribution is 5.98. The van der Waals surface area contributed by atoms with Crippen molar-refractivity contribution in [3.63, 3.8) is 0 Å².